The van der Waals surface area contributed by atoms with Crippen molar-refractivity contribution in [3.8, 4) is 11.3 Å². The molecular weight excluding hydrogens is 538 g/mol. The van der Waals surface area contributed by atoms with Crippen LogP contribution >= 0.6 is 0 Å². The molecule has 0 bridgehead atoms. The van der Waals surface area contributed by atoms with Gasteiger partial charge in [0.05, 0.1) is 32.2 Å². The highest BCUT2D eigenvalue weighted by Crippen LogP contribution is 2.26. The minimum absolute atomic E-state index is 0.0756. The molecule has 0 saturated heterocycles. The first-order chi connectivity index (χ1) is 20.4. The number of methoxy groups -OCH3 is 1. The van der Waals surface area contributed by atoms with Crippen LogP contribution in [0.1, 0.15) is 67.1 Å². The highest BCUT2D eigenvalue weighted by atomic mass is 16.7. The topological polar surface area (TPSA) is 127 Å². The van der Waals surface area contributed by atoms with E-state index in [4.69, 9.17) is 14.0 Å². The number of carbonyl (C=O) groups is 4. The number of benzene rings is 2. The number of hydrogen-bond acceptors (Lipinski definition) is 7. The van der Waals surface area contributed by atoms with E-state index in [0.29, 0.717) is 24.2 Å². The van der Waals surface area contributed by atoms with Gasteiger partial charge in [-0.3, -0.25) is 24.0 Å². The normalized spacial score (nSPS) is 12.2. The van der Waals surface area contributed by atoms with Gasteiger partial charge in [0.15, 0.2) is 5.76 Å². The number of esters is 1. The van der Waals surface area contributed by atoms with Crippen LogP contribution in [-0.2, 0) is 30.6 Å². The van der Waals surface area contributed by atoms with Crippen molar-refractivity contribution in [1.82, 2.24) is 15.7 Å². The van der Waals surface area contributed by atoms with E-state index in [0.717, 1.165) is 35.5 Å². The zero-order chi connectivity index (χ0) is 30.3. The summed E-state index contributed by atoms with van der Waals surface area (Å²) in [6.45, 7) is 4.01. The molecule has 3 amide bonds. The lowest BCUT2D eigenvalue weighted by molar-refractivity contribution is -0.182. The second-order valence-corrected chi connectivity index (χ2v) is 9.91. The van der Waals surface area contributed by atoms with E-state index in [2.05, 4.69) is 17.6 Å². The minimum atomic E-state index is -0.510. The molecule has 0 spiro atoms. The fourth-order valence-electron chi connectivity index (χ4n) is 4.35. The van der Waals surface area contributed by atoms with Crippen LogP contribution in [0, 0.1) is 5.92 Å². The zero-order valence-electron chi connectivity index (χ0n) is 24.3. The van der Waals surface area contributed by atoms with E-state index in [1.54, 1.807) is 25.1 Å². The van der Waals surface area contributed by atoms with Crippen molar-refractivity contribution < 1.29 is 33.2 Å². The Morgan fingerprint density at radius 2 is 1.79 bits per heavy atom. The summed E-state index contributed by atoms with van der Waals surface area (Å²) in [4.78, 5) is 54.9. The molecule has 2 N–H and O–H groups in total. The Bertz CT molecular complexity index is 1310. The number of rotatable bonds is 17. The molecule has 1 aromatic heterocycles. The number of hydrogen-bond donors (Lipinski definition) is 2. The lowest BCUT2D eigenvalue weighted by atomic mass is 9.98. The van der Waals surface area contributed by atoms with Gasteiger partial charge in [-0.2, -0.15) is 0 Å². The van der Waals surface area contributed by atoms with E-state index in [9.17, 15) is 19.2 Å². The maximum atomic E-state index is 13.0. The lowest BCUT2D eigenvalue weighted by Gasteiger charge is -2.23. The first kappa shape index (κ1) is 32.1. The maximum absolute atomic E-state index is 13.0. The summed E-state index contributed by atoms with van der Waals surface area (Å²) in [7, 11) is 1.34. The van der Waals surface area contributed by atoms with Crippen molar-refractivity contribution in [2.24, 2.45) is 5.92 Å². The van der Waals surface area contributed by atoms with Crippen LogP contribution in [0.15, 0.2) is 71.1 Å². The smallest absolute Gasteiger partial charge is 0.312 e. The van der Waals surface area contributed by atoms with Gasteiger partial charge in [0.2, 0.25) is 12.3 Å². The van der Waals surface area contributed by atoms with Crippen LogP contribution in [0.2, 0.25) is 0 Å². The van der Waals surface area contributed by atoms with E-state index in [1.807, 2.05) is 48.5 Å². The molecular formula is C32H39N3O7. The molecule has 224 valence electrons. The minimum Gasteiger partial charge on any atom is -0.469 e. The van der Waals surface area contributed by atoms with Crippen LogP contribution in [0.3, 0.4) is 0 Å². The quantitative estimate of drug-likeness (QED) is 0.0775. The molecule has 0 radical (unpaired) electrons. The summed E-state index contributed by atoms with van der Waals surface area (Å²) in [5.41, 5.74) is 2.37. The number of carbonyl (C=O) groups excluding carboxylic acids is 4. The molecule has 0 aliphatic rings. The summed E-state index contributed by atoms with van der Waals surface area (Å²) < 4.78 is 10.6. The Balaban J connectivity index is 1.55. The molecule has 10 nitrogen and oxygen atoms in total. The van der Waals surface area contributed by atoms with Gasteiger partial charge >= 0.3 is 5.97 Å². The van der Waals surface area contributed by atoms with E-state index >= 15 is 0 Å². The number of nitrogens with one attached hydrogen (secondary N) is 2. The van der Waals surface area contributed by atoms with E-state index in [1.165, 1.54) is 7.11 Å². The first-order valence-electron chi connectivity index (χ1n) is 14.1. The SMILES string of the molecule is CCCCC[C@H](CN(C=O)OCc1ccccc1)C(=O)NCNC(=O)c1ccc(-c2cccc(C(C)C(=O)OC)c2)o1. The predicted molar refractivity (Wildman–Crippen MR) is 157 cm³/mol. The van der Waals surface area contributed by atoms with Crippen molar-refractivity contribution in [3.63, 3.8) is 0 Å². The number of hydroxylamine groups is 2. The molecule has 0 saturated carbocycles. The highest BCUT2D eigenvalue weighted by molar-refractivity contribution is 5.92. The monoisotopic (exact) mass is 577 g/mol. The Hall–Kier alpha value is -4.44. The van der Waals surface area contributed by atoms with Crippen LogP contribution in [0.4, 0.5) is 0 Å². The van der Waals surface area contributed by atoms with Gasteiger partial charge in [0, 0.05) is 5.56 Å². The fraction of sp³-hybridized carbons (Fsp3) is 0.375. The third-order valence-corrected chi connectivity index (χ3v) is 6.85. The third kappa shape index (κ3) is 9.59. The number of unbranched alkanes of at least 4 members (excludes halogenated alkanes) is 2. The van der Waals surface area contributed by atoms with Crippen molar-refractivity contribution in [2.75, 3.05) is 20.3 Å². The second kappa shape index (κ2) is 16.7. The average Bonchev–Trinajstić information content (AvgIpc) is 3.53. The number of amides is 3. The summed E-state index contributed by atoms with van der Waals surface area (Å²) in [6.07, 6.45) is 3.91. The molecule has 2 aromatic carbocycles. The molecule has 1 unspecified atom stereocenters. The molecule has 0 aliphatic heterocycles. The van der Waals surface area contributed by atoms with Gasteiger partial charge in [-0.25, -0.2) is 5.06 Å². The van der Waals surface area contributed by atoms with Gasteiger partial charge in [-0.05, 0) is 42.7 Å². The molecule has 0 aliphatic carbocycles. The Morgan fingerprint density at radius 1 is 1.00 bits per heavy atom. The lowest BCUT2D eigenvalue weighted by Crippen LogP contribution is -2.43. The van der Waals surface area contributed by atoms with Crippen molar-refractivity contribution in [1.29, 1.82) is 0 Å². The zero-order valence-corrected chi connectivity index (χ0v) is 24.3. The van der Waals surface area contributed by atoms with Gasteiger partial charge in [-0.15, -0.1) is 0 Å². The van der Waals surface area contributed by atoms with Crippen molar-refractivity contribution in [2.45, 2.75) is 52.1 Å². The van der Waals surface area contributed by atoms with Crippen molar-refractivity contribution >= 4 is 24.2 Å². The largest absolute Gasteiger partial charge is 0.469 e. The first-order valence-corrected chi connectivity index (χ1v) is 14.1. The number of furan rings is 1. The number of nitrogens with zero attached hydrogens (tertiary/aromatic N) is 1. The van der Waals surface area contributed by atoms with E-state index < -0.39 is 17.7 Å². The summed E-state index contributed by atoms with van der Waals surface area (Å²) in [5.74, 6) is -1.56. The van der Waals surface area contributed by atoms with Gasteiger partial charge in [-0.1, -0.05) is 74.7 Å². The average molecular weight is 578 g/mol. The maximum Gasteiger partial charge on any atom is 0.312 e. The highest BCUT2D eigenvalue weighted by Gasteiger charge is 2.22. The Morgan fingerprint density at radius 3 is 2.50 bits per heavy atom. The summed E-state index contributed by atoms with van der Waals surface area (Å²) in [5, 5.41) is 6.52. The molecule has 0 fully saturated rings. The Kier molecular flexibility index (Phi) is 12.8. The molecule has 42 heavy (non-hydrogen) atoms. The molecule has 10 heteroatoms. The summed E-state index contributed by atoms with van der Waals surface area (Å²) >= 11 is 0. The van der Waals surface area contributed by atoms with Crippen molar-refractivity contribution in [3.05, 3.63) is 83.6 Å². The van der Waals surface area contributed by atoms with Gasteiger partial charge in [0.1, 0.15) is 12.4 Å². The standard InChI is InChI=1S/C32H39N3O7/c1-4-5-7-13-27(19-35(22-36)41-20-24-11-8-6-9-12-24)30(37)33-21-34-31(38)29-17-16-28(42-29)26-15-10-14-25(18-26)23(2)32(39)40-3/h6,8-12,14-18,22-23,27H,4-5,7,13,19-21H2,1-3H3,(H,33,37)(H,34,38)/t23?,27-/m1/s1. The molecule has 3 rings (SSSR count). The molecule has 1 heterocycles. The second-order valence-electron chi connectivity index (χ2n) is 9.91. The number of ether oxygens (including phenoxy) is 1. The van der Waals surface area contributed by atoms with E-state index in [-0.39, 0.29) is 37.5 Å². The molecule has 3 aromatic rings. The Labute approximate surface area is 246 Å². The van der Waals surface area contributed by atoms with Gasteiger partial charge in [0.25, 0.3) is 5.91 Å². The summed E-state index contributed by atoms with van der Waals surface area (Å²) in [6, 6.07) is 19.9. The van der Waals surface area contributed by atoms with Crippen LogP contribution < -0.4 is 10.6 Å². The van der Waals surface area contributed by atoms with Crippen LogP contribution in [0.25, 0.3) is 11.3 Å². The predicted octanol–water partition coefficient (Wildman–Crippen LogP) is 4.81. The molecule has 2 atom stereocenters. The van der Waals surface area contributed by atoms with Crippen LogP contribution in [0.5, 0.6) is 0 Å². The van der Waals surface area contributed by atoms with Crippen LogP contribution in [-0.4, -0.2) is 49.6 Å². The van der Waals surface area contributed by atoms with Gasteiger partial charge < -0.3 is 19.8 Å². The fourth-order valence-corrected chi connectivity index (χ4v) is 4.35. The third-order valence-electron chi connectivity index (χ3n) is 6.85.